The molecule has 0 radical (unpaired) electrons. The second-order valence-corrected chi connectivity index (χ2v) is 14.0. The standard InChI is InChI=1S/C26H32FN5O4S/c1-37(34,35)23-8-20(4-5-22(23)27)36-21-6-17-11-30(12-18(17)7-21)25(33)31-13-26(14-31)9-19(10-26)32-15-28-24(29-32)16-2-3-16/h4-5,8,15-19,21H,2-3,6-7,9-14H2,1H3/t17-,18+,21?. The van der Waals surface area contributed by atoms with Gasteiger partial charge in [0.25, 0.3) is 0 Å². The van der Waals surface area contributed by atoms with Gasteiger partial charge < -0.3 is 14.5 Å². The van der Waals surface area contributed by atoms with Crippen LogP contribution >= 0.6 is 0 Å². The Hall–Kier alpha value is -2.69. The maximum Gasteiger partial charge on any atom is 0.320 e. The van der Waals surface area contributed by atoms with Crippen molar-refractivity contribution < 1.29 is 22.3 Å². The molecule has 3 heterocycles. The van der Waals surface area contributed by atoms with E-state index < -0.39 is 15.7 Å². The molecule has 3 aliphatic carbocycles. The molecule has 1 aromatic carbocycles. The molecular weight excluding hydrogens is 497 g/mol. The zero-order valence-electron chi connectivity index (χ0n) is 20.9. The first-order chi connectivity index (χ1) is 17.7. The Morgan fingerprint density at radius 3 is 2.46 bits per heavy atom. The molecule has 5 aliphatic rings. The monoisotopic (exact) mass is 529 g/mol. The van der Waals surface area contributed by atoms with Crippen LogP contribution in [0.2, 0.25) is 0 Å². The second kappa shape index (κ2) is 8.15. The minimum Gasteiger partial charge on any atom is -0.490 e. The molecule has 2 amide bonds. The van der Waals surface area contributed by atoms with Crippen molar-refractivity contribution in [3.8, 4) is 5.75 Å². The summed E-state index contributed by atoms with van der Waals surface area (Å²) in [6.45, 7) is 3.13. The van der Waals surface area contributed by atoms with Gasteiger partial charge in [0.05, 0.1) is 12.1 Å². The zero-order chi connectivity index (χ0) is 25.5. The summed E-state index contributed by atoms with van der Waals surface area (Å²) in [4.78, 5) is 21.3. The van der Waals surface area contributed by atoms with Crippen molar-refractivity contribution in [3.63, 3.8) is 0 Å². The highest BCUT2D eigenvalue weighted by atomic mass is 32.2. The fourth-order valence-electron chi connectivity index (χ4n) is 7.01. The van der Waals surface area contributed by atoms with Gasteiger partial charge in [-0.15, -0.1) is 0 Å². The zero-order valence-corrected chi connectivity index (χ0v) is 21.7. The summed E-state index contributed by atoms with van der Waals surface area (Å²) in [7, 11) is -3.66. The number of hydrogen-bond donors (Lipinski definition) is 0. The van der Waals surface area contributed by atoms with Crippen LogP contribution in [0.4, 0.5) is 9.18 Å². The van der Waals surface area contributed by atoms with E-state index in [1.807, 2.05) is 20.8 Å². The lowest BCUT2D eigenvalue weighted by Gasteiger charge is -2.59. The molecule has 0 bridgehead atoms. The SMILES string of the molecule is CS(=O)(=O)c1cc(OC2C[C@@H]3CN(C(=O)N4CC5(CC(n6cnc(C7CC7)n6)C5)C4)C[C@@H]3C2)ccc1F. The van der Waals surface area contributed by atoms with E-state index in [9.17, 15) is 17.6 Å². The highest BCUT2D eigenvalue weighted by Gasteiger charge is 2.56. The van der Waals surface area contributed by atoms with Crippen LogP contribution in [-0.4, -0.2) is 77.6 Å². The summed E-state index contributed by atoms with van der Waals surface area (Å²) in [6, 6.07) is 4.45. The van der Waals surface area contributed by atoms with E-state index in [1.165, 1.54) is 25.0 Å². The number of amides is 2. The van der Waals surface area contributed by atoms with Crippen LogP contribution in [0.3, 0.4) is 0 Å². The molecule has 2 aromatic rings. The van der Waals surface area contributed by atoms with Gasteiger partial charge in [-0.2, -0.15) is 5.10 Å². The Morgan fingerprint density at radius 2 is 1.81 bits per heavy atom. The first-order valence-corrected chi connectivity index (χ1v) is 15.2. The van der Waals surface area contributed by atoms with Crippen molar-refractivity contribution in [1.82, 2.24) is 24.6 Å². The van der Waals surface area contributed by atoms with Gasteiger partial charge >= 0.3 is 6.03 Å². The average molecular weight is 530 g/mol. The molecule has 37 heavy (non-hydrogen) atoms. The Kier molecular flexibility index (Phi) is 5.16. The lowest BCUT2D eigenvalue weighted by atomic mass is 9.61. The number of carbonyl (C=O) groups is 1. The molecule has 3 saturated carbocycles. The second-order valence-electron chi connectivity index (χ2n) is 12.1. The normalized spacial score (nSPS) is 28.8. The molecule has 2 aliphatic heterocycles. The Bertz CT molecular complexity index is 1330. The van der Waals surface area contributed by atoms with Gasteiger partial charge in [-0.05, 0) is 62.5 Å². The largest absolute Gasteiger partial charge is 0.490 e. The fourth-order valence-corrected chi connectivity index (χ4v) is 7.76. The van der Waals surface area contributed by atoms with Crippen molar-refractivity contribution in [3.05, 3.63) is 36.2 Å². The number of fused-ring (bicyclic) bond motifs is 1. The van der Waals surface area contributed by atoms with Crippen molar-refractivity contribution in [1.29, 1.82) is 0 Å². The van der Waals surface area contributed by atoms with Crippen molar-refractivity contribution in [2.24, 2.45) is 17.3 Å². The Balaban J connectivity index is 0.888. The number of sulfone groups is 1. The number of nitrogens with zero attached hydrogens (tertiary/aromatic N) is 5. The highest BCUT2D eigenvalue weighted by Crippen LogP contribution is 2.54. The molecule has 198 valence electrons. The number of benzene rings is 1. The van der Waals surface area contributed by atoms with Gasteiger partial charge in [-0.25, -0.2) is 27.3 Å². The molecule has 1 aromatic heterocycles. The van der Waals surface area contributed by atoms with E-state index >= 15 is 0 Å². The van der Waals surface area contributed by atoms with Crippen LogP contribution in [0.15, 0.2) is 29.4 Å². The molecule has 1 spiro atoms. The van der Waals surface area contributed by atoms with E-state index in [2.05, 4.69) is 10.1 Å². The van der Waals surface area contributed by atoms with Crippen LogP contribution in [0, 0.1) is 23.1 Å². The molecule has 3 atom stereocenters. The summed E-state index contributed by atoms with van der Waals surface area (Å²) >= 11 is 0. The maximum atomic E-state index is 13.9. The van der Waals surface area contributed by atoms with E-state index in [4.69, 9.17) is 4.74 Å². The minimum atomic E-state index is -3.66. The fraction of sp³-hybridized carbons (Fsp3) is 0.654. The molecule has 1 unspecified atom stereocenters. The third-order valence-corrected chi connectivity index (χ3v) is 10.2. The molecule has 7 rings (SSSR count). The quantitative estimate of drug-likeness (QED) is 0.590. The average Bonchev–Trinajstić information content (AvgIpc) is 3.20. The number of urea groups is 1. The summed E-state index contributed by atoms with van der Waals surface area (Å²) in [6.07, 6.45) is 9.00. The van der Waals surface area contributed by atoms with E-state index in [0.29, 0.717) is 29.5 Å². The predicted molar refractivity (Wildman–Crippen MR) is 131 cm³/mol. The topological polar surface area (TPSA) is 97.6 Å². The van der Waals surface area contributed by atoms with Crippen molar-refractivity contribution in [2.45, 2.75) is 61.5 Å². The number of rotatable bonds is 5. The van der Waals surface area contributed by atoms with E-state index in [-0.39, 0.29) is 22.4 Å². The molecule has 11 heteroatoms. The Labute approximate surface area is 215 Å². The Morgan fingerprint density at radius 1 is 1.11 bits per heavy atom. The van der Waals surface area contributed by atoms with Gasteiger partial charge in [0, 0.05) is 49.8 Å². The number of hydrogen-bond acceptors (Lipinski definition) is 6. The van der Waals surface area contributed by atoms with Gasteiger partial charge in [0.1, 0.15) is 22.8 Å². The van der Waals surface area contributed by atoms with E-state index in [1.54, 1.807) is 0 Å². The highest BCUT2D eigenvalue weighted by molar-refractivity contribution is 7.90. The van der Waals surface area contributed by atoms with Crippen LogP contribution in [0.5, 0.6) is 5.75 Å². The van der Waals surface area contributed by atoms with Crippen LogP contribution in [0.1, 0.15) is 56.3 Å². The van der Waals surface area contributed by atoms with Gasteiger partial charge in [0.15, 0.2) is 15.7 Å². The third-order valence-electron chi connectivity index (χ3n) is 9.09. The van der Waals surface area contributed by atoms with Crippen LogP contribution < -0.4 is 4.74 Å². The summed E-state index contributed by atoms with van der Waals surface area (Å²) in [5.41, 5.74) is 0.251. The molecule has 5 fully saturated rings. The summed E-state index contributed by atoms with van der Waals surface area (Å²) < 4.78 is 45.6. The molecule has 2 saturated heterocycles. The maximum absolute atomic E-state index is 13.9. The lowest BCUT2D eigenvalue weighted by molar-refractivity contribution is -0.0735. The smallest absolute Gasteiger partial charge is 0.320 e. The van der Waals surface area contributed by atoms with Gasteiger partial charge in [-0.1, -0.05) is 0 Å². The molecule has 0 N–H and O–H groups in total. The van der Waals surface area contributed by atoms with Crippen LogP contribution in [0.25, 0.3) is 0 Å². The number of carbonyl (C=O) groups excluding carboxylic acids is 1. The number of likely N-dealkylation sites (tertiary alicyclic amines) is 2. The van der Waals surface area contributed by atoms with Crippen molar-refractivity contribution >= 4 is 15.9 Å². The van der Waals surface area contributed by atoms with Gasteiger partial charge in [0.2, 0.25) is 0 Å². The minimum absolute atomic E-state index is 0.0541. The lowest BCUT2D eigenvalue weighted by Crippen LogP contribution is -2.65. The summed E-state index contributed by atoms with van der Waals surface area (Å²) in [5.74, 6) is 1.93. The van der Waals surface area contributed by atoms with Gasteiger partial charge in [-0.3, -0.25) is 0 Å². The molecule has 9 nitrogen and oxygen atoms in total. The summed E-state index contributed by atoms with van der Waals surface area (Å²) in [5, 5.41) is 4.68. The third kappa shape index (κ3) is 4.19. The van der Waals surface area contributed by atoms with Crippen molar-refractivity contribution in [2.75, 3.05) is 32.4 Å². The first-order valence-electron chi connectivity index (χ1n) is 13.3. The predicted octanol–water partition coefficient (Wildman–Crippen LogP) is 3.24. The molecular formula is C26H32FN5O4S. The van der Waals surface area contributed by atoms with E-state index in [0.717, 1.165) is 70.0 Å². The van der Waals surface area contributed by atoms with Crippen LogP contribution in [-0.2, 0) is 9.84 Å². The number of halogens is 1. The number of aromatic nitrogens is 3. The first kappa shape index (κ1) is 23.4. The number of ether oxygens (including phenoxy) is 1.